The first-order valence-corrected chi connectivity index (χ1v) is 12.6. The van der Waals surface area contributed by atoms with Gasteiger partial charge in [0.15, 0.2) is 0 Å². The number of thiol groups is 1. The zero-order valence-corrected chi connectivity index (χ0v) is 21.4. The van der Waals surface area contributed by atoms with Crippen LogP contribution in [0.25, 0.3) is 10.9 Å². The molecule has 0 aliphatic rings. The summed E-state index contributed by atoms with van der Waals surface area (Å²) in [7, 11) is 0. The Balaban J connectivity index is 1.71. The maximum atomic E-state index is 13.1. The number of carboxylic acids is 1. The van der Waals surface area contributed by atoms with Crippen molar-refractivity contribution in [2.75, 3.05) is 12.4 Å². The Morgan fingerprint density at radius 1 is 0.842 bits per heavy atom. The van der Waals surface area contributed by atoms with E-state index in [-0.39, 0.29) is 18.6 Å². The van der Waals surface area contributed by atoms with E-state index in [0.29, 0.717) is 5.56 Å². The number of aliphatic hydroxyl groups is 1. The van der Waals surface area contributed by atoms with Gasteiger partial charge in [0, 0.05) is 35.7 Å². The minimum Gasteiger partial charge on any atom is -0.480 e. The molecule has 0 saturated heterocycles. The maximum absolute atomic E-state index is 13.1. The highest BCUT2D eigenvalue weighted by Gasteiger charge is 2.30. The number of rotatable bonds is 13. The molecule has 1 heterocycles. The SMILES string of the molecule is NC(CS)C(=O)NC(Cc1ccccc1)C(=O)NC(CO)C(=O)NC(Cc1c[nH]c2ccccc12)C(=O)O. The molecule has 2 aromatic carbocycles. The first-order chi connectivity index (χ1) is 18.2. The summed E-state index contributed by atoms with van der Waals surface area (Å²) in [6.07, 6.45) is 1.74. The first kappa shape index (κ1) is 28.7. The third kappa shape index (κ3) is 7.57. The Bertz CT molecular complexity index is 1270. The quantitative estimate of drug-likeness (QED) is 0.137. The van der Waals surface area contributed by atoms with E-state index in [4.69, 9.17) is 5.73 Å². The van der Waals surface area contributed by atoms with Crippen LogP contribution >= 0.6 is 12.6 Å². The van der Waals surface area contributed by atoms with Crippen LogP contribution in [0.5, 0.6) is 0 Å². The number of para-hydroxylation sites is 1. The van der Waals surface area contributed by atoms with Crippen molar-refractivity contribution in [3.05, 3.63) is 71.9 Å². The van der Waals surface area contributed by atoms with E-state index in [1.165, 1.54) is 0 Å². The van der Waals surface area contributed by atoms with Gasteiger partial charge in [0.25, 0.3) is 0 Å². The third-order valence-electron chi connectivity index (χ3n) is 5.98. The minimum atomic E-state index is -1.46. The van der Waals surface area contributed by atoms with Gasteiger partial charge in [-0.3, -0.25) is 14.4 Å². The van der Waals surface area contributed by atoms with Crippen LogP contribution in [0.3, 0.4) is 0 Å². The Labute approximate surface area is 224 Å². The molecule has 4 atom stereocenters. The molecule has 3 aromatic rings. The molecule has 38 heavy (non-hydrogen) atoms. The predicted molar refractivity (Wildman–Crippen MR) is 144 cm³/mol. The lowest BCUT2D eigenvalue weighted by atomic mass is 10.0. The number of H-pyrrole nitrogens is 1. The molecule has 1 aromatic heterocycles. The number of nitrogens with one attached hydrogen (secondary N) is 4. The molecule has 0 radical (unpaired) electrons. The number of fused-ring (bicyclic) bond motifs is 1. The molecule has 12 heteroatoms. The van der Waals surface area contributed by atoms with Gasteiger partial charge in [-0.25, -0.2) is 4.79 Å². The molecular formula is C26H31N5O6S. The summed E-state index contributed by atoms with van der Waals surface area (Å²) in [4.78, 5) is 53.3. The van der Waals surface area contributed by atoms with E-state index in [9.17, 15) is 29.4 Å². The van der Waals surface area contributed by atoms with Gasteiger partial charge in [0.1, 0.15) is 18.1 Å². The standard InChI is InChI=1S/C26H31N5O6S/c27-18(14-38)23(33)29-20(10-15-6-2-1-3-7-15)24(34)31-22(13-32)25(35)30-21(26(36)37)11-16-12-28-19-9-5-4-8-17(16)19/h1-9,12,18,20-22,28,32,38H,10-11,13-14,27H2,(H,29,33)(H,30,35)(H,31,34)(H,36,37). The minimum absolute atomic E-state index is 0.0223. The number of aliphatic hydroxyl groups excluding tert-OH is 1. The van der Waals surface area contributed by atoms with Crippen molar-refractivity contribution in [2.45, 2.75) is 37.0 Å². The van der Waals surface area contributed by atoms with Gasteiger partial charge in [-0.1, -0.05) is 48.5 Å². The number of carbonyl (C=O) groups is 4. The number of aliphatic carboxylic acids is 1. The summed E-state index contributed by atoms with van der Waals surface area (Å²) in [5.74, 6) is -3.45. The molecule has 0 bridgehead atoms. The molecule has 4 unspecified atom stereocenters. The summed E-state index contributed by atoms with van der Waals surface area (Å²) in [5, 5.41) is 27.7. The van der Waals surface area contributed by atoms with Crippen molar-refractivity contribution in [2.24, 2.45) is 5.73 Å². The fourth-order valence-corrected chi connectivity index (χ4v) is 4.05. The topological polar surface area (TPSA) is 187 Å². The van der Waals surface area contributed by atoms with Crippen LogP contribution in [0.2, 0.25) is 0 Å². The number of carbonyl (C=O) groups excluding carboxylic acids is 3. The average Bonchev–Trinajstić information content (AvgIpc) is 3.33. The van der Waals surface area contributed by atoms with Crippen molar-refractivity contribution < 1.29 is 29.4 Å². The number of benzene rings is 2. The monoisotopic (exact) mass is 541 g/mol. The second-order valence-electron chi connectivity index (χ2n) is 8.75. The molecular weight excluding hydrogens is 510 g/mol. The molecule has 3 rings (SSSR count). The molecule has 202 valence electrons. The Kier molecular flexibility index (Phi) is 10.3. The molecule has 0 aliphatic carbocycles. The summed E-state index contributed by atoms with van der Waals surface area (Å²) in [6.45, 7) is -0.793. The smallest absolute Gasteiger partial charge is 0.326 e. The highest BCUT2D eigenvalue weighted by molar-refractivity contribution is 7.80. The van der Waals surface area contributed by atoms with Gasteiger partial charge in [-0.05, 0) is 17.2 Å². The maximum Gasteiger partial charge on any atom is 0.326 e. The molecule has 0 spiro atoms. The van der Waals surface area contributed by atoms with Gasteiger partial charge in [-0.15, -0.1) is 0 Å². The van der Waals surface area contributed by atoms with Crippen LogP contribution in [0.4, 0.5) is 0 Å². The van der Waals surface area contributed by atoms with Gasteiger partial charge in [-0.2, -0.15) is 12.6 Å². The normalized spacial score (nSPS) is 14.2. The Morgan fingerprint density at radius 3 is 2.11 bits per heavy atom. The number of nitrogens with two attached hydrogens (primary N) is 1. The third-order valence-corrected chi connectivity index (χ3v) is 6.37. The lowest BCUT2D eigenvalue weighted by Gasteiger charge is -2.24. The van der Waals surface area contributed by atoms with Crippen LogP contribution in [-0.4, -0.2) is 75.4 Å². The molecule has 8 N–H and O–H groups in total. The van der Waals surface area contributed by atoms with Crippen molar-refractivity contribution in [3.63, 3.8) is 0 Å². The second-order valence-corrected chi connectivity index (χ2v) is 9.11. The van der Waals surface area contributed by atoms with Gasteiger partial charge >= 0.3 is 5.97 Å². The molecule has 0 fully saturated rings. The predicted octanol–water partition coefficient (Wildman–Crippen LogP) is -0.258. The average molecular weight is 542 g/mol. The Morgan fingerprint density at radius 2 is 1.45 bits per heavy atom. The van der Waals surface area contributed by atoms with Crippen LogP contribution in [0.15, 0.2) is 60.8 Å². The van der Waals surface area contributed by atoms with Crippen LogP contribution in [-0.2, 0) is 32.0 Å². The van der Waals surface area contributed by atoms with Gasteiger partial charge in [0.2, 0.25) is 17.7 Å². The summed E-state index contributed by atoms with van der Waals surface area (Å²) in [6, 6.07) is 11.4. The fourth-order valence-electron chi connectivity index (χ4n) is 3.88. The highest BCUT2D eigenvalue weighted by atomic mass is 32.1. The van der Waals surface area contributed by atoms with Gasteiger partial charge in [0.05, 0.1) is 12.6 Å². The van der Waals surface area contributed by atoms with Crippen molar-refractivity contribution in [1.82, 2.24) is 20.9 Å². The second kappa shape index (κ2) is 13.6. The molecule has 3 amide bonds. The van der Waals surface area contributed by atoms with E-state index in [1.807, 2.05) is 24.3 Å². The summed E-state index contributed by atoms with van der Waals surface area (Å²) < 4.78 is 0. The number of aromatic amines is 1. The summed E-state index contributed by atoms with van der Waals surface area (Å²) >= 11 is 4.00. The van der Waals surface area contributed by atoms with E-state index in [1.54, 1.807) is 36.5 Å². The van der Waals surface area contributed by atoms with E-state index < -0.39 is 54.5 Å². The molecule has 0 saturated carbocycles. The highest BCUT2D eigenvalue weighted by Crippen LogP contribution is 2.19. The number of carboxylic acid groups (broad SMARTS) is 1. The van der Waals surface area contributed by atoms with Crippen molar-refractivity contribution in [1.29, 1.82) is 0 Å². The zero-order chi connectivity index (χ0) is 27.7. The largest absolute Gasteiger partial charge is 0.480 e. The first-order valence-electron chi connectivity index (χ1n) is 11.9. The zero-order valence-electron chi connectivity index (χ0n) is 20.5. The Hall–Kier alpha value is -3.87. The number of hydrogen-bond donors (Lipinski definition) is 8. The number of amides is 3. The van der Waals surface area contributed by atoms with E-state index in [2.05, 4.69) is 33.6 Å². The van der Waals surface area contributed by atoms with Crippen LogP contribution in [0, 0.1) is 0 Å². The fraction of sp³-hybridized carbons (Fsp3) is 0.308. The lowest BCUT2D eigenvalue weighted by Crippen LogP contribution is -2.58. The number of hydrogen-bond acceptors (Lipinski definition) is 7. The van der Waals surface area contributed by atoms with E-state index in [0.717, 1.165) is 16.5 Å². The molecule has 11 nitrogen and oxygen atoms in total. The van der Waals surface area contributed by atoms with Gasteiger partial charge < -0.3 is 36.9 Å². The molecule has 0 aliphatic heterocycles. The van der Waals surface area contributed by atoms with Crippen LogP contribution < -0.4 is 21.7 Å². The van der Waals surface area contributed by atoms with Crippen molar-refractivity contribution in [3.8, 4) is 0 Å². The lowest BCUT2D eigenvalue weighted by molar-refractivity contribution is -0.142. The van der Waals surface area contributed by atoms with Crippen molar-refractivity contribution >= 4 is 47.2 Å². The van der Waals surface area contributed by atoms with E-state index >= 15 is 0 Å². The number of aromatic nitrogens is 1. The summed E-state index contributed by atoms with van der Waals surface area (Å²) in [5.41, 5.74) is 7.97. The van der Waals surface area contributed by atoms with Crippen LogP contribution in [0.1, 0.15) is 11.1 Å².